The second-order valence-electron chi connectivity index (χ2n) is 4.81. The third-order valence-electron chi connectivity index (χ3n) is 3.34. The summed E-state index contributed by atoms with van der Waals surface area (Å²) in [7, 11) is 0. The van der Waals surface area contributed by atoms with Gasteiger partial charge in [0.15, 0.2) is 0 Å². The van der Waals surface area contributed by atoms with Crippen LogP contribution in [0.2, 0.25) is 0 Å². The number of benzene rings is 1. The molecule has 1 fully saturated rings. The van der Waals surface area contributed by atoms with Crippen LogP contribution in [0, 0.1) is 5.92 Å². The van der Waals surface area contributed by atoms with Gasteiger partial charge >= 0.3 is 0 Å². The largest absolute Gasteiger partial charge is 0.508 e. The molecule has 0 aromatic heterocycles. The molecule has 2 unspecified atom stereocenters. The second-order valence-corrected chi connectivity index (χ2v) is 4.81. The molecule has 3 N–H and O–H groups in total. The van der Waals surface area contributed by atoms with Crippen LogP contribution in [-0.4, -0.2) is 16.3 Å². The quantitative estimate of drug-likeness (QED) is 0.734. The molecule has 0 aliphatic heterocycles. The van der Waals surface area contributed by atoms with Gasteiger partial charge in [0.05, 0.1) is 0 Å². The zero-order valence-corrected chi connectivity index (χ0v) is 9.61. The fourth-order valence-corrected chi connectivity index (χ4v) is 2.35. The monoisotopic (exact) mass is 221 g/mol. The first-order valence-electron chi connectivity index (χ1n) is 5.89. The van der Waals surface area contributed by atoms with Crippen LogP contribution < -0.4 is 5.32 Å². The van der Waals surface area contributed by atoms with Gasteiger partial charge in [-0.1, -0.05) is 13.0 Å². The number of rotatable bonds is 3. The zero-order chi connectivity index (χ0) is 11.5. The summed E-state index contributed by atoms with van der Waals surface area (Å²) in [6, 6.07) is 5.32. The number of aromatic hydroxyl groups is 2. The Morgan fingerprint density at radius 2 is 2.12 bits per heavy atom. The normalized spacial score (nSPS) is 24.8. The maximum atomic E-state index is 9.62. The number of hydrogen-bond donors (Lipinski definition) is 3. The molecule has 0 bridgehead atoms. The van der Waals surface area contributed by atoms with Crippen LogP contribution in [0.3, 0.4) is 0 Å². The molecule has 0 heterocycles. The van der Waals surface area contributed by atoms with E-state index in [0.717, 1.165) is 11.5 Å². The van der Waals surface area contributed by atoms with Gasteiger partial charge in [-0.05, 0) is 31.2 Å². The Hall–Kier alpha value is -1.22. The first kappa shape index (κ1) is 11.3. The maximum Gasteiger partial charge on any atom is 0.123 e. The van der Waals surface area contributed by atoms with E-state index in [2.05, 4.69) is 12.2 Å². The highest BCUT2D eigenvalue weighted by Crippen LogP contribution is 2.26. The van der Waals surface area contributed by atoms with Gasteiger partial charge in [-0.25, -0.2) is 0 Å². The molecule has 0 saturated heterocycles. The van der Waals surface area contributed by atoms with Gasteiger partial charge in [-0.3, -0.25) is 0 Å². The molecule has 16 heavy (non-hydrogen) atoms. The highest BCUT2D eigenvalue weighted by molar-refractivity contribution is 5.38. The molecule has 0 radical (unpaired) electrons. The van der Waals surface area contributed by atoms with E-state index in [1.165, 1.54) is 25.3 Å². The van der Waals surface area contributed by atoms with Crippen LogP contribution in [0.15, 0.2) is 18.2 Å². The Morgan fingerprint density at radius 1 is 1.31 bits per heavy atom. The van der Waals surface area contributed by atoms with Crippen molar-refractivity contribution in [2.24, 2.45) is 5.92 Å². The van der Waals surface area contributed by atoms with Crippen molar-refractivity contribution in [3.63, 3.8) is 0 Å². The lowest BCUT2D eigenvalue weighted by Gasteiger charge is -2.13. The zero-order valence-electron chi connectivity index (χ0n) is 9.61. The fraction of sp³-hybridized carbons (Fsp3) is 0.538. The Balaban J connectivity index is 1.89. The predicted octanol–water partition coefficient (Wildman–Crippen LogP) is 2.38. The van der Waals surface area contributed by atoms with Crippen molar-refractivity contribution in [3.05, 3.63) is 23.8 Å². The minimum Gasteiger partial charge on any atom is -0.508 e. The smallest absolute Gasteiger partial charge is 0.123 e. The summed E-state index contributed by atoms with van der Waals surface area (Å²) in [6.45, 7) is 2.95. The van der Waals surface area contributed by atoms with Gasteiger partial charge in [-0.2, -0.15) is 0 Å². The molecular weight excluding hydrogens is 202 g/mol. The van der Waals surface area contributed by atoms with Crippen molar-refractivity contribution in [1.82, 2.24) is 5.32 Å². The van der Waals surface area contributed by atoms with Crippen LogP contribution in [-0.2, 0) is 6.54 Å². The summed E-state index contributed by atoms with van der Waals surface area (Å²) in [6.07, 6.45) is 3.73. The fourth-order valence-electron chi connectivity index (χ4n) is 2.35. The van der Waals surface area contributed by atoms with Crippen LogP contribution >= 0.6 is 0 Å². The second kappa shape index (κ2) is 4.74. The molecule has 1 aromatic rings. The van der Waals surface area contributed by atoms with Crippen molar-refractivity contribution in [1.29, 1.82) is 0 Å². The van der Waals surface area contributed by atoms with E-state index < -0.39 is 0 Å². The van der Waals surface area contributed by atoms with Crippen LogP contribution in [0.5, 0.6) is 11.5 Å². The van der Waals surface area contributed by atoms with Gasteiger partial charge in [0.2, 0.25) is 0 Å². The van der Waals surface area contributed by atoms with Crippen LogP contribution in [0.25, 0.3) is 0 Å². The molecule has 1 aliphatic carbocycles. The van der Waals surface area contributed by atoms with Gasteiger partial charge in [-0.15, -0.1) is 0 Å². The topological polar surface area (TPSA) is 52.5 Å². The first-order valence-corrected chi connectivity index (χ1v) is 5.89. The van der Waals surface area contributed by atoms with E-state index >= 15 is 0 Å². The van der Waals surface area contributed by atoms with E-state index in [0.29, 0.717) is 12.6 Å². The molecule has 0 spiro atoms. The lowest BCUT2D eigenvalue weighted by atomic mass is 10.1. The number of phenolic OH excluding ortho intramolecular Hbond substituents is 2. The summed E-state index contributed by atoms with van der Waals surface area (Å²) in [5.74, 6) is 1.08. The van der Waals surface area contributed by atoms with Crippen molar-refractivity contribution >= 4 is 0 Å². The lowest BCUT2D eigenvalue weighted by molar-refractivity contribution is 0.438. The van der Waals surface area contributed by atoms with E-state index in [1.54, 1.807) is 12.1 Å². The third kappa shape index (κ3) is 2.67. The lowest BCUT2D eigenvalue weighted by Crippen LogP contribution is -2.25. The highest BCUT2D eigenvalue weighted by atomic mass is 16.3. The summed E-state index contributed by atoms with van der Waals surface area (Å²) in [5, 5.41) is 22.2. The van der Waals surface area contributed by atoms with Crippen LogP contribution in [0.1, 0.15) is 31.7 Å². The molecule has 2 rings (SSSR count). The first-order chi connectivity index (χ1) is 7.65. The van der Waals surface area contributed by atoms with Crippen LogP contribution in [0.4, 0.5) is 0 Å². The summed E-state index contributed by atoms with van der Waals surface area (Å²) in [5.41, 5.74) is 0.845. The van der Waals surface area contributed by atoms with Crippen molar-refractivity contribution in [3.8, 4) is 11.5 Å². The average molecular weight is 221 g/mol. The van der Waals surface area contributed by atoms with Gasteiger partial charge in [0, 0.05) is 24.2 Å². The average Bonchev–Trinajstić information content (AvgIpc) is 2.63. The van der Waals surface area contributed by atoms with Crippen molar-refractivity contribution < 1.29 is 10.2 Å². The molecule has 1 aliphatic rings. The van der Waals surface area contributed by atoms with Crippen molar-refractivity contribution in [2.45, 2.75) is 38.8 Å². The number of nitrogens with one attached hydrogen (secondary N) is 1. The molecule has 3 nitrogen and oxygen atoms in total. The molecule has 1 aromatic carbocycles. The van der Waals surface area contributed by atoms with Gasteiger partial charge < -0.3 is 15.5 Å². The van der Waals surface area contributed by atoms with E-state index in [-0.39, 0.29) is 11.5 Å². The summed E-state index contributed by atoms with van der Waals surface area (Å²) >= 11 is 0. The molecule has 1 saturated carbocycles. The molecular formula is C13H19NO2. The summed E-state index contributed by atoms with van der Waals surface area (Å²) in [4.78, 5) is 0. The van der Waals surface area contributed by atoms with E-state index in [9.17, 15) is 10.2 Å². The minimum absolute atomic E-state index is 0.107. The maximum absolute atomic E-state index is 9.62. The predicted molar refractivity (Wildman–Crippen MR) is 63.4 cm³/mol. The van der Waals surface area contributed by atoms with E-state index in [1.807, 2.05) is 0 Å². The Bertz CT molecular complexity index is 365. The third-order valence-corrected chi connectivity index (χ3v) is 3.34. The summed E-state index contributed by atoms with van der Waals surface area (Å²) < 4.78 is 0. The minimum atomic E-state index is 0.107. The SMILES string of the molecule is CC1CCC(NCc2ccc(O)cc2O)C1. The highest BCUT2D eigenvalue weighted by Gasteiger charge is 2.20. The number of hydrogen-bond acceptors (Lipinski definition) is 3. The van der Waals surface area contributed by atoms with Gasteiger partial charge in [0.25, 0.3) is 0 Å². The Labute approximate surface area is 96.1 Å². The van der Waals surface area contributed by atoms with Crippen molar-refractivity contribution in [2.75, 3.05) is 0 Å². The Kier molecular flexibility index (Phi) is 3.34. The number of phenols is 2. The van der Waals surface area contributed by atoms with E-state index in [4.69, 9.17) is 0 Å². The molecule has 0 amide bonds. The molecule has 2 atom stereocenters. The molecule has 3 heteroatoms. The van der Waals surface area contributed by atoms with Gasteiger partial charge in [0.1, 0.15) is 11.5 Å². The molecule has 88 valence electrons. The Morgan fingerprint density at radius 3 is 2.75 bits per heavy atom. The standard InChI is InChI=1S/C13H19NO2/c1-9-2-4-11(6-9)14-8-10-3-5-12(15)7-13(10)16/h3,5,7,9,11,14-16H,2,4,6,8H2,1H3.